The molecule has 1 atom stereocenters. The fourth-order valence-electron chi connectivity index (χ4n) is 1.41. The maximum Gasteiger partial charge on any atom is 0.191 e. The molecule has 1 heterocycles. The van der Waals surface area contributed by atoms with Gasteiger partial charge >= 0.3 is 0 Å². The molecule has 0 radical (unpaired) electrons. The van der Waals surface area contributed by atoms with E-state index in [1.165, 1.54) is 18.6 Å². The molecule has 15 heavy (non-hydrogen) atoms. The third kappa shape index (κ3) is 6.29. The predicted molar refractivity (Wildman–Crippen MR) is 80.5 cm³/mol. The number of nitrogens with one attached hydrogen (secondary N) is 2. The van der Waals surface area contributed by atoms with Gasteiger partial charge in [0.05, 0.1) is 0 Å². The minimum Gasteiger partial charge on any atom is -0.355 e. The van der Waals surface area contributed by atoms with Crippen LogP contribution in [-0.2, 0) is 0 Å². The number of thioether (sulfide) groups is 1. The van der Waals surface area contributed by atoms with E-state index in [-0.39, 0.29) is 24.0 Å². The van der Waals surface area contributed by atoms with Crippen molar-refractivity contribution >= 4 is 41.7 Å². The highest BCUT2D eigenvalue weighted by molar-refractivity contribution is 14.0. The van der Waals surface area contributed by atoms with Gasteiger partial charge in [0.2, 0.25) is 0 Å². The zero-order valence-corrected chi connectivity index (χ0v) is 12.3. The lowest BCUT2D eigenvalue weighted by atomic mass is 10.2. The Bertz CT molecular complexity index is 203. The van der Waals surface area contributed by atoms with E-state index < -0.39 is 0 Å². The van der Waals surface area contributed by atoms with Gasteiger partial charge in [-0.05, 0) is 18.6 Å². The topological polar surface area (TPSA) is 36.4 Å². The molecule has 1 unspecified atom stereocenters. The van der Waals surface area contributed by atoms with Crippen molar-refractivity contribution < 1.29 is 0 Å². The Morgan fingerprint density at radius 2 is 2.40 bits per heavy atom. The second kappa shape index (κ2) is 9.33. The van der Waals surface area contributed by atoms with E-state index in [1.54, 1.807) is 7.05 Å². The van der Waals surface area contributed by atoms with Crippen LogP contribution in [0.5, 0.6) is 0 Å². The van der Waals surface area contributed by atoms with Crippen molar-refractivity contribution in [2.75, 3.05) is 25.9 Å². The lowest BCUT2D eigenvalue weighted by Gasteiger charge is -2.13. The number of rotatable bonds is 4. The first-order valence-corrected chi connectivity index (χ1v) is 6.08. The minimum absolute atomic E-state index is 0. The summed E-state index contributed by atoms with van der Waals surface area (Å²) >= 11 is 2.05. The Morgan fingerprint density at radius 1 is 1.60 bits per heavy atom. The molecule has 1 aliphatic heterocycles. The summed E-state index contributed by atoms with van der Waals surface area (Å²) in [4.78, 5) is 4.12. The molecule has 3 nitrogen and oxygen atoms in total. The molecule has 1 saturated heterocycles. The second-order valence-electron chi connectivity index (χ2n) is 3.26. The number of hydrogen-bond acceptors (Lipinski definition) is 2. The average Bonchev–Trinajstić information content (AvgIpc) is 2.71. The second-order valence-corrected chi connectivity index (χ2v) is 4.67. The summed E-state index contributed by atoms with van der Waals surface area (Å²) in [6.07, 6.45) is 4.52. The average molecular weight is 341 g/mol. The number of hydrogen-bond donors (Lipinski definition) is 2. The van der Waals surface area contributed by atoms with Crippen LogP contribution < -0.4 is 10.6 Å². The summed E-state index contributed by atoms with van der Waals surface area (Å²) in [5.41, 5.74) is 0. The predicted octanol–water partition coefficient (Wildman–Crippen LogP) is 1.85. The fraction of sp³-hybridized carbons (Fsp3) is 0.700. The Kier molecular flexibility index (Phi) is 9.38. The maximum atomic E-state index is 4.12. The molecule has 0 aromatic heterocycles. The van der Waals surface area contributed by atoms with Gasteiger partial charge in [0.15, 0.2) is 5.96 Å². The van der Waals surface area contributed by atoms with Gasteiger partial charge in [0.1, 0.15) is 0 Å². The lowest BCUT2D eigenvalue weighted by molar-refractivity contribution is 0.733. The molecule has 1 rings (SSSR count). The van der Waals surface area contributed by atoms with Crippen LogP contribution >= 0.6 is 35.7 Å². The molecule has 1 fully saturated rings. The molecule has 0 aromatic carbocycles. The molecule has 0 amide bonds. The van der Waals surface area contributed by atoms with Gasteiger partial charge in [-0.15, -0.1) is 30.6 Å². The third-order valence-electron chi connectivity index (χ3n) is 2.16. The van der Waals surface area contributed by atoms with Gasteiger partial charge in [0, 0.05) is 25.4 Å². The summed E-state index contributed by atoms with van der Waals surface area (Å²) in [6.45, 7) is 5.43. The molecule has 0 aromatic rings. The van der Waals surface area contributed by atoms with E-state index in [0.29, 0.717) is 0 Å². The van der Waals surface area contributed by atoms with Crippen LogP contribution in [0.1, 0.15) is 12.8 Å². The standard InChI is InChI=1S/C10H19N3S.HI/c1-3-6-12-10(11-2)13-8-9-5-4-7-14-9;/h3,9H,1,4-8H2,2H3,(H2,11,12,13);1H. The molecular weight excluding hydrogens is 321 g/mol. The first-order chi connectivity index (χ1) is 6.86. The van der Waals surface area contributed by atoms with Crippen molar-refractivity contribution in [3.8, 4) is 0 Å². The number of nitrogens with zero attached hydrogens (tertiary/aromatic N) is 1. The minimum atomic E-state index is 0. The molecule has 0 saturated carbocycles. The smallest absolute Gasteiger partial charge is 0.191 e. The highest BCUT2D eigenvalue weighted by Crippen LogP contribution is 2.25. The largest absolute Gasteiger partial charge is 0.355 e. The summed E-state index contributed by atoms with van der Waals surface area (Å²) in [6, 6.07) is 0. The highest BCUT2D eigenvalue weighted by atomic mass is 127. The Morgan fingerprint density at radius 3 is 2.93 bits per heavy atom. The van der Waals surface area contributed by atoms with E-state index >= 15 is 0 Å². The molecular formula is C10H20IN3S. The number of halogens is 1. The van der Waals surface area contributed by atoms with Crippen LogP contribution in [-0.4, -0.2) is 37.1 Å². The van der Waals surface area contributed by atoms with Crippen LogP contribution in [0.3, 0.4) is 0 Å². The van der Waals surface area contributed by atoms with Crippen LogP contribution in [0.25, 0.3) is 0 Å². The van der Waals surface area contributed by atoms with Crippen LogP contribution in [0, 0.1) is 0 Å². The first kappa shape index (κ1) is 15.1. The molecule has 5 heteroatoms. The fourth-order valence-corrected chi connectivity index (χ4v) is 2.61. The highest BCUT2D eigenvalue weighted by Gasteiger charge is 2.15. The Hall–Kier alpha value is 0.0900. The van der Waals surface area contributed by atoms with Crippen molar-refractivity contribution in [3.63, 3.8) is 0 Å². The zero-order valence-electron chi connectivity index (χ0n) is 9.16. The quantitative estimate of drug-likeness (QED) is 0.355. The van der Waals surface area contributed by atoms with Crippen molar-refractivity contribution in [2.45, 2.75) is 18.1 Å². The summed E-state index contributed by atoms with van der Waals surface area (Å²) in [5, 5.41) is 7.23. The van der Waals surface area contributed by atoms with Gasteiger partial charge in [-0.25, -0.2) is 0 Å². The van der Waals surface area contributed by atoms with Gasteiger partial charge in [-0.3, -0.25) is 4.99 Å². The van der Waals surface area contributed by atoms with Crippen LogP contribution in [0.4, 0.5) is 0 Å². The summed E-state index contributed by atoms with van der Waals surface area (Å²) in [5.74, 6) is 2.18. The van der Waals surface area contributed by atoms with Crippen molar-refractivity contribution in [2.24, 2.45) is 4.99 Å². The molecule has 2 N–H and O–H groups in total. The van der Waals surface area contributed by atoms with Crippen LogP contribution in [0.15, 0.2) is 17.6 Å². The lowest BCUT2D eigenvalue weighted by Crippen LogP contribution is -2.40. The SMILES string of the molecule is C=CCNC(=NC)NCC1CCCS1.I. The first-order valence-electron chi connectivity index (χ1n) is 5.04. The van der Waals surface area contributed by atoms with E-state index in [0.717, 1.165) is 24.3 Å². The summed E-state index contributed by atoms with van der Waals surface area (Å²) in [7, 11) is 1.79. The van der Waals surface area contributed by atoms with Gasteiger partial charge < -0.3 is 10.6 Å². The molecule has 0 aliphatic carbocycles. The molecule has 0 bridgehead atoms. The zero-order chi connectivity index (χ0) is 10.2. The van der Waals surface area contributed by atoms with Crippen molar-refractivity contribution in [1.29, 1.82) is 0 Å². The van der Waals surface area contributed by atoms with Gasteiger partial charge in [-0.2, -0.15) is 11.8 Å². The van der Waals surface area contributed by atoms with E-state index in [9.17, 15) is 0 Å². The third-order valence-corrected chi connectivity index (χ3v) is 3.56. The Balaban J connectivity index is 0.00000196. The molecule has 1 aliphatic rings. The number of aliphatic imine (C=N–C) groups is 1. The number of guanidine groups is 1. The van der Waals surface area contributed by atoms with Crippen LogP contribution in [0.2, 0.25) is 0 Å². The van der Waals surface area contributed by atoms with E-state index in [2.05, 4.69) is 34.0 Å². The van der Waals surface area contributed by atoms with Gasteiger partial charge in [-0.1, -0.05) is 6.08 Å². The van der Waals surface area contributed by atoms with Crippen molar-refractivity contribution in [1.82, 2.24) is 10.6 Å². The van der Waals surface area contributed by atoms with Crippen molar-refractivity contribution in [3.05, 3.63) is 12.7 Å². The summed E-state index contributed by atoms with van der Waals surface area (Å²) < 4.78 is 0. The molecule has 0 spiro atoms. The molecule has 88 valence electrons. The van der Waals surface area contributed by atoms with Gasteiger partial charge in [0.25, 0.3) is 0 Å². The Labute approximate surface area is 114 Å². The normalized spacial score (nSPS) is 20.6. The maximum absolute atomic E-state index is 4.12. The van der Waals surface area contributed by atoms with E-state index in [4.69, 9.17) is 0 Å². The monoisotopic (exact) mass is 341 g/mol. The van der Waals surface area contributed by atoms with E-state index in [1.807, 2.05) is 6.08 Å².